The fourth-order valence-corrected chi connectivity index (χ4v) is 7.89. The number of hydrogen-bond acceptors (Lipinski definition) is 7. The zero-order valence-corrected chi connectivity index (χ0v) is 19.1. The second-order valence-electron chi connectivity index (χ2n) is 7.74. The number of nitrogens with zero attached hydrogens (tertiary/aromatic N) is 3. The lowest BCUT2D eigenvalue weighted by molar-refractivity contribution is -0.115. The van der Waals surface area contributed by atoms with Crippen molar-refractivity contribution in [3.05, 3.63) is 32.8 Å². The van der Waals surface area contributed by atoms with Crippen LogP contribution in [0.1, 0.15) is 58.5 Å². The minimum absolute atomic E-state index is 0.0322. The van der Waals surface area contributed by atoms with Crippen LogP contribution in [-0.2, 0) is 30.5 Å². The number of rotatable bonds is 5. The summed E-state index contributed by atoms with van der Waals surface area (Å²) in [5, 5.41) is 15.5. The van der Waals surface area contributed by atoms with E-state index in [1.165, 1.54) is 40.0 Å². The molecule has 3 aromatic rings. The van der Waals surface area contributed by atoms with Crippen molar-refractivity contribution in [1.29, 1.82) is 5.26 Å². The van der Waals surface area contributed by atoms with Gasteiger partial charge in [-0.2, -0.15) is 5.26 Å². The third kappa shape index (κ3) is 3.75. The Balaban J connectivity index is 1.26. The molecule has 8 heteroatoms. The van der Waals surface area contributed by atoms with Gasteiger partial charge < -0.3 is 5.32 Å². The van der Waals surface area contributed by atoms with Gasteiger partial charge in [0.1, 0.15) is 27.3 Å². The molecule has 154 valence electrons. The summed E-state index contributed by atoms with van der Waals surface area (Å²) in [4.78, 5) is 25.4. The van der Waals surface area contributed by atoms with Crippen LogP contribution in [-0.4, -0.2) is 21.6 Å². The highest BCUT2D eigenvalue weighted by Crippen LogP contribution is 2.40. The molecule has 2 aliphatic rings. The lowest BCUT2D eigenvalue weighted by Crippen LogP contribution is -2.12. The minimum Gasteiger partial charge on any atom is -0.317 e. The van der Waals surface area contributed by atoms with Crippen molar-refractivity contribution in [2.75, 3.05) is 11.1 Å². The monoisotopic (exact) mass is 454 g/mol. The molecule has 5 nitrogen and oxygen atoms in total. The van der Waals surface area contributed by atoms with E-state index in [1.807, 2.05) is 0 Å². The first-order valence-corrected chi connectivity index (χ1v) is 13.1. The average molecular weight is 455 g/mol. The molecule has 1 amide bonds. The predicted molar refractivity (Wildman–Crippen MR) is 124 cm³/mol. The van der Waals surface area contributed by atoms with E-state index in [-0.39, 0.29) is 5.91 Å². The summed E-state index contributed by atoms with van der Waals surface area (Å²) in [6.45, 7) is 0. The Kier molecular flexibility index (Phi) is 5.77. The second kappa shape index (κ2) is 8.66. The number of fused-ring (bicyclic) bond motifs is 4. The second-order valence-corrected chi connectivity index (χ2v) is 11.0. The van der Waals surface area contributed by atoms with E-state index in [0.29, 0.717) is 17.7 Å². The van der Waals surface area contributed by atoms with Gasteiger partial charge in [0.25, 0.3) is 0 Å². The molecule has 3 aromatic heterocycles. The topological polar surface area (TPSA) is 78.7 Å². The number of aromatic nitrogens is 2. The van der Waals surface area contributed by atoms with Gasteiger partial charge in [0.05, 0.1) is 5.56 Å². The molecule has 0 spiro atoms. The summed E-state index contributed by atoms with van der Waals surface area (Å²) in [5.41, 5.74) is 3.26. The van der Waals surface area contributed by atoms with Crippen LogP contribution in [0, 0.1) is 11.3 Å². The van der Waals surface area contributed by atoms with Gasteiger partial charge in [-0.25, -0.2) is 9.97 Å². The average Bonchev–Trinajstić information content (AvgIpc) is 3.31. The lowest BCUT2D eigenvalue weighted by Gasteiger charge is -2.11. The molecular weight excluding hydrogens is 432 g/mol. The molecule has 0 radical (unpaired) electrons. The Hall–Kier alpha value is -1.95. The summed E-state index contributed by atoms with van der Waals surface area (Å²) in [7, 11) is 0. The largest absolute Gasteiger partial charge is 0.317 e. The van der Waals surface area contributed by atoms with Gasteiger partial charge in [-0.3, -0.25) is 4.79 Å². The van der Waals surface area contributed by atoms with Crippen molar-refractivity contribution in [1.82, 2.24) is 9.97 Å². The van der Waals surface area contributed by atoms with Crippen molar-refractivity contribution in [2.24, 2.45) is 0 Å². The number of thiophene rings is 2. The Morgan fingerprint density at radius 1 is 1.07 bits per heavy atom. The van der Waals surface area contributed by atoms with Crippen molar-refractivity contribution in [2.45, 2.75) is 62.8 Å². The molecule has 30 heavy (non-hydrogen) atoms. The Morgan fingerprint density at radius 3 is 2.60 bits per heavy atom. The van der Waals surface area contributed by atoms with Crippen LogP contribution in [0.2, 0.25) is 0 Å². The van der Waals surface area contributed by atoms with E-state index in [0.717, 1.165) is 52.5 Å². The molecule has 5 rings (SSSR count). The molecule has 0 unspecified atom stereocenters. The smallest absolute Gasteiger partial charge is 0.225 e. The van der Waals surface area contributed by atoms with Crippen LogP contribution in [0.3, 0.4) is 0 Å². The summed E-state index contributed by atoms with van der Waals surface area (Å²) in [5.74, 6) is 0.630. The van der Waals surface area contributed by atoms with Crippen molar-refractivity contribution in [3.63, 3.8) is 0 Å². The van der Waals surface area contributed by atoms with Crippen LogP contribution in [0.15, 0.2) is 11.4 Å². The highest BCUT2D eigenvalue weighted by Gasteiger charge is 2.22. The fraction of sp³-hybridized carbons (Fsp3) is 0.455. The fourth-order valence-electron chi connectivity index (χ4n) is 4.37. The Morgan fingerprint density at radius 2 is 1.80 bits per heavy atom. The van der Waals surface area contributed by atoms with Gasteiger partial charge >= 0.3 is 0 Å². The number of carbonyl (C=O) groups is 1. The first-order chi connectivity index (χ1) is 14.7. The Bertz CT molecular complexity index is 1160. The van der Waals surface area contributed by atoms with Gasteiger partial charge in [0.2, 0.25) is 5.91 Å². The quantitative estimate of drug-likeness (QED) is 0.407. The molecule has 0 saturated carbocycles. The van der Waals surface area contributed by atoms with Gasteiger partial charge in [-0.05, 0) is 62.5 Å². The highest BCUT2D eigenvalue weighted by atomic mass is 32.2. The van der Waals surface area contributed by atoms with E-state index < -0.39 is 0 Å². The van der Waals surface area contributed by atoms with Gasteiger partial charge in [-0.15, -0.1) is 34.4 Å². The standard InChI is InChI=1S/C22H22N4OS3/c23-11-15-13-5-1-3-7-16(13)29-20(15)26-18(27)9-10-28-21-19-14-6-2-4-8-17(14)30-22(19)25-12-24-21/h12H,1-10H2,(H,26,27). The molecule has 0 aliphatic heterocycles. The summed E-state index contributed by atoms with van der Waals surface area (Å²) < 4.78 is 0. The number of anilines is 1. The molecule has 2 aliphatic carbocycles. The number of thioether (sulfide) groups is 1. The molecule has 1 N–H and O–H groups in total. The van der Waals surface area contributed by atoms with E-state index >= 15 is 0 Å². The van der Waals surface area contributed by atoms with E-state index in [9.17, 15) is 10.1 Å². The molecule has 0 bridgehead atoms. The molecule has 3 heterocycles. The number of aryl methyl sites for hydroxylation is 3. The van der Waals surface area contributed by atoms with Crippen molar-refractivity contribution < 1.29 is 4.79 Å². The van der Waals surface area contributed by atoms with Crippen LogP contribution in [0.5, 0.6) is 0 Å². The molecule has 0 fully saturated rings. The zero-order valence-electron chi connectivity index (χ0n) is 16.6. The van der Waals surface area contributed by atoms with Crippen LogP contribution in [0.25, 0.3) is 10.2 Å². The normalized spacial score (nSPS) is 15.4. The van der Waals surface area contributed by atoms with Gasteiger partial charge in [0.15, 0.2) is 0 Å². The Labute approximate surface area is 187 Å². The van der Waals surface area contributed by atoms with Gasteiger partial charge in [-0.1, -0.05) is 0 Å². The molecule has 0 aromatic carbocycles. The van der Waals surface area contributed by atoms with E-state index in [1.54, 1.807) is 40.8 Å². The first kappa shape index (κ1) is 20.0. The van der Waals surface area contributed by atoms with Crippen LogP contribution >= 0.6 is 34.4 Å². The summed E-state index contributed by atoms with van der Waals surface area (Å²) in [6, 6.07) is 2.31. The maximum Gasteiger partial charge on any atom is 0.225 e. The maximum absolute atomic E-state index is 12.6. The van der Waals surface area contributed by atoms with Crippen molar-refractivity contribution in [3.8, 4) is 6.07 Å². The zero-order chi connectivity index (χ0) is 20.5. The lowest BCUT2D eigenvalue weighted by atomic mass is 9.96. The number of hydrogen-bond donors (Lipinski definition) is 1. The molecule has 0 atom stereocenters. The maximum atomic E-state index is 12.6. The summed E-state index contributed by atoms with van der Waals surface area (Å²) >= 11 is 5.02. The van der Waals surface area contributed by atoms with Crippen LogP contribution < -0.4 is 5.32 Å². The van der Waals surface area contributed by atoms with Crippen LogP contribution in [0.4, 0.5) is 5.00 Å². The number of carbonyl (C=O) groups excluding carboxylic acids is 1. The number of nitriles is 1. The molecular formula is C22H22N4OS3. The van der Waals surface area contributed by atoms with E-state index in [2.05, 4.69) is 21.4 Å². The van der Waals surface area contributed by atoms with E-state index in [4.69, 9.17) is 0 Å². The third-order valence-electron chi connectivity index (χ3n) is 5.82. The minimum atomic E-state index is -0.0322. The number of nitrogens with one attached hydrogen (secondary N) is 1. The van der Waals surface area contributed by atoms with Gasteiger partial charge in [0, 0.05) is 27.3 Å². The SMILES string of the molecule is N#Cc1c(NC(=O)CCSc2ncnc3sc4c(c23)CCCC4)sc2c1CCCC2. The summed E-state index contributed by atoms with van der Waals surface area (Å²) in [6.07, 6.45) is 11.1. The first-order valence-electron chi connectivity index (χ1n) is 10.5. The molecule has 0 saturated heterocycles. The third-order valence-corrected chi connectivity index (χ3v) is 9.22. The van der Waals surface area contributed by atoms with Crippen molar-refractivity contribution >= 4 is 55.6 Å². The predicted octanol–water partition coefficient (Wildman–Crippen LogP) is 5.50. The highest BCUT2D eigenvalue weighted by molar-refractivity contribution is 7.99. The number of amides is 1.